The molecule has 0 spiro atoms. The van der Waals surface area contributed by atoms with E-state index >= 15 is 0 Å². The summed E-state index contributed by atoms with van der Waals surface area (Å²) in [5.41, 5.74) is 2.60. The van der Waals surface area contributed by atoms with Crippen molar-refractivity contribution in [3.05, 3.63) is 29.1 Å². The summed E-state index contributed by atoms with van der Waals surface area (Å²) in [7, 11) is 0. The zero-order valence-electron chi connectivity index (χ0n) is 15.9. The second-order valence-electron chi connectivity index (χ2n) is 7.06. The van der Waals surface area contributed by atoms with E-state index in [2.05, 4.69) is 34.8 Å². The van der Waals surface area contributed by atoms with Gasteiger partial charge in [-0.2, -0.15) is 0 Å². The molecule has 2 rings (SSSR count). The largest absolute Gasteiger partial charge is 0.459 e. The number of hydrogen-bond acceptors (Lipinski definition) is 4. The second kappa shape index (κ2) is 8.95. The Morgan fingerprint density at radius 2 is 1.96 bits per heavy atom. The third-order valence-corrected chi connectivity index (χ3v) is 4.54. The van der Waals surface area contributed by atoms with Crippen molar-refractivity contribution in [2.45, 2.75) is 78.0 Å². The predicted molar refractivity (Wildman–Crippen MR) is 100 cm³/mol. The van der Waals surface area contributed by atoms with E-state index in [1.54, 1.807) is 6.20 Å². The summed E-state index contributed by atoms with van der Waals surface area (Å²) in [6.07, 6.45) is 4.55. The molecule has 0 saturated carbocycles. The molecule has 5 heteroatoms. The number of carbonyl (C=O) groups excluding carboxylic acids is 1. The molecule has 0 amide bonds. The minimum absolute atomic E-state index is 0.173. The van der Waals surface area contributed by atoms with Crippen LogP contribution in [0.2, 0.25) is 0 Å². The molecule has 0 N–H and O–H groups in total. The van der Waals surface area contributed by atoms with Gasteiger partial charge in [0.05, 0.1) is 12.7 Å². The van der Waals surface area contributed by atoms with E-state index in [1.165, 1.54) is 0 Å². The lowest BCUT2D eigenvalue weighted by Gasteiger charge is -2.30. The predicted octanol–water partition coefficient (Wildman–Crippen LogP) is 4.98. The number of halogens is 1. The molecule has 2 heterocycles. The molecule has 0 aromatic carbocycles. The Labute approximate surface area is 154 Å². The maximum absolute atomic E-state index is 12.3. The fraction of sp³-hybridized carbons (Fsp3) is 0.684. The molecule has 2 atom stereocenters. The Bertz CT molecular complexity index is 552. The highest BCUT2D eigenvalue weighted by atomic mass is 79.9. The highest BCUT2D eigenvalue weighted by molar-refractivity contribution is 9.09. The monoisotopic (exact) mass is 399 g/mol. The van der Waals surface area contributed by atoms with Crippen LogP contribution in [0, 0.1) is 5.92 Å². The fourth-order valence-electron chi connectivity index (χ4n) is 2.51. The van der Waals surface area contributed by atoms with Crippen LogP contribution in [0.4, 0.5) is 0 Å². The van der Waals surface area contributed by atoms with E-state index in [9.17, 15) is 4.79 Å². The smallest absolute Gasteiger partial charge is 0.324 e. The van der Waals surface area contributed by atoms with Crippen LogP contribution < -0.4 is 0 Å². The maximum Gasteiger partial charge on any atom is 0.324 e. The first-order valence-electron chi connectivity index (χ1n) is 8.63. The number of aromatic nitrogens is 1. The lowest BCUT2D eigenvalue weighted by Crippen LogP contribution is -2.30. The lowest BCUT2D eigenvalue weighted by molar-refractivity contribution is -0.154. The van der Waals surface area contributed by atoms with Gasteiger partial charge in [0, 0.05) is 12.4 Å². The number of carbonyl (C=O) groups is 1. The minimum Gasteiger partial charge on any atom is -0.459 e. The van der Waals surface area contributed by atoms with Crippen LogP contribution >= 0.6 is 15.9 Å². The van der Waals surface area contributed by atoms with Crippen molar-refractivity contribution in [3.63, 3.8) is 0 Å². The molecule has 136 valence electrons. The van der Waals surface area contributed by atoms with Crippen molar-refractivity contribution in [2.75, 3.05) is 0 Å². The average molecular weight is 400 g/mol. The van der Waals surface area contributed by atoms with E-state index < -0.39 is 10.4 Å². The molecule has 4 nitrogen and oxygen atoms in total. The molecule has 0 radical (unpaired) electrons. The average Bonchev–Trinajstić information content (AvgIpc) is 2.53. The summed E-state index contributed by atoms with van der Waals surface area (Å²) in [4.78, 5) is 16.1. The maximum atomic E-state index is 12.3. The minimum atomic E-state index is -0.505. The zero-order chi connectivity index (χ0) is 18.5. The number of nitrogens with zero attached hydrogens (tertiary/aromatic N) is 1. The van der Waals surface area contributed by atoms with Gasteiger partial charge in [-0.3, -0.25) is 9.78 Å². The van der Waals surface area contributed by atoms with Crippen molar-refractivity contribution < 1.29 is 14.3 Å². The van der Waals surface area contributed by atoms with Crippen molar-refractivity contribution >= 4 is 21.9 Å². The molecular formula is C19H30BrNO3. The van der Waals surface area contributed by atoms with Gasteiger partial charge in [-0.15, -0.1) is 0 Å². The molecule has 1 aliphatic rings. The van der Waals surface area contributed by atoms with E-state index in [1.807, 2.05) is 40.8 Å². The third kappa shape index (κ3) is 5.55. The van der Waals surface area contributed by atoms with Gasteiger partial charge < -0.3 is 9.47 Å². The molecule has 2 unspecified atom stereocenters. The Hall–Kier alpha value is -0.940. The summed E-state index contributed by atoms with van der Waals surface area (Å²) in [5.74, 6) is 0.153. The fourth-order valence-corrected chi connectivity index (χ4v) is 2.99. The van der Waals surface area contributed by atoms with Gasteiger partial charge in [-0.05, 0) is 49.8 Å². The molecular weight excluding hydrogens is 370 g/mol. The number of esters is 1. The Balaban J connectivity index is 0.00000139. The Morgan fingerprint density at radius 1 is 1.33 bits per heavy atom. The molecule has 1 aromatic rings. The summed E-state index contributed by atoms with van der Waals surface area (Å²) in [6.45, 7) is 14.4. The number of fused-ring (bicyclic) bond motifs is 1. The van der Waals surface area contributed by atoms with Gasteiger partial charge in [0.25, 0.3) is 0 Å². The number of rotatable bonds is 3. The summed E-state index contributed by atoms with van der Waals surface area (Å²) >= 11 is 3.48. The number of hydrogen-bond donors (Lipinski definition) is 0. The van der Waals surface area contributed by atoms with Gasteiger partial charge in [-0.25, -0.2) is 0 Å². The van der Waals surface area contributed by atoms with Gasteiger partial charge in [0.1, 0.15) is 10.4 Å². The Morgan fingerprint density at radius 3 is 2.50 bits per heavy atom. The van der Waals surface area contributed by atoms with Crippen molar-refractivity contribution in [2.24, 2.45) is 5.92 Å². The van der Waals surface area contributed by atoms with Gasteiger partial charge in [-0.1, -0.05) is 43.6 Å². The summed E-state index contributed by atoms with van der Waals surface area (Å²) < 4.78 is 11.3. The Kier molecular flexibility index (Phi) is 7.87. The summed E-state index contributed by atoms with van der Waals surface area (Å²) in [5, 5.41) is 0. The molecule has 24 heavy (non-hydrogen) atoms. The standard InChI is InChI=1S/C17H24BrNO3.C2H6/c1-10(2)14-6-12-11(9-21-14)7-19-8-13(12)15(18)16(20)22-17(3,4)5;1-2/h7-8,10,14-15H,6,9H2,1-5H3;1-2H3. The van der Waals surface area contributed by atoms with Crippen LogP contribution in [-0.4, -0.2) is 22.7 Å². The first kappa shape index (κ1) is 21.1. The van der Waals surface area contributed by atoms with Crippen molar-refractivity contribution in [1.82, 2.24) is 4.98 Å². The molecule has 0 bridgehead atoms. The quantitative estimate of drug-likeness (QED) is 0.530. The van der Waals surface area contributed by atoms with Crippen LogP contribution in [-0.2, 0) is 27.3 Å². The first-order chi connectivity index (χ1) is 11.2. The van der Waals surface area contributed by atoms with Crippen molar-refractivity contribution in [1.29, 1.82) is 0 Å². The number of ether oxygens (including phenoxy) is 2. The highest BCUT2D eigenvalue weighted by Gasteiger charge is 2.30. The van der Waals surface area contributed by atoms with E-state index in [4.69, 9.17) is 9.47 Å². The molecule has 1 aromatic heterocycles. The van der Waals surface area contributed by atoms with Gasteiger partial charge in [0.2, 0.25) is 0 Å². The van der Waals surface area contributed by atoms with Gasteiger partial charge >= 0.3 is 5.97 Å². The molecule has 0 saturated heterocycles. The van der Waals surface area contributed by atoms with E-state index in [-0.39, 0.29) is 12.1 Å². The van der Waals surface area contributed by atoms with Crippen LogP contribution in [0.1, 0.15) is 70.0 Å². The second-order valence-corrected chi connectivity index (χ2v) is 7.98. The van der Waals surface area contributed by atoms with E-state index in [0.717, 1.165) is 23.1 Å². The summed E-state index contributed by atoms with van der Waals surface area (Å²) in [6, 6.07) is 0. The normalized spacial score (nSPS) is 18.3. The zero-order valence-corrected chi connectivity index (χ0v) is 17.4. The van der Waals surface area contributed by atoms with Crippen LogP contribution in [0.15, 0.2) is 12.4 Å². The number of pyridine rings is 1. The van der Waals surface area contributed by atoms with Crippen LogP contribution in [0.25, 0.3) is 0 Å². The highest BCUT2D eigenvalue weighted by Crippen LogP contribution is 2.34. The first-order valence-corrected chi connectivity index (χ1v) is 9.55. The SMILES string of the molecule is CC.CC(C)C1Cc2c(cncc2C(Br)C(=O)OC(C)(C)C)CO1. The topological polar surface area (TPSA) is 48.4 Å². The third-order valence-electron chi connectivity index (χ3n) is 3.67. The lowest BCUT2D eigenvalue weighted by atomic mass is 9.90. The van der Waals surface area contributed by atoms with Crippen molar-refractivity contribution in [3.8, 4) is 0 Å². The van der Waals surface area contributed by atoms with Crippen LogP contribution in [0.5, 0.6) is 0 Å². The molecule has 0 fully saturated rings. The van der Waals surface area contributed by atoms with Crippen LogP contribution in [0.3, 0.4) is 0 Å². The van der Waals surface area contributed by atoms with E-state index in [0.29, 0.717) is 12.5 Å². The molecule has 0 aliphatic carbocycles. The van der Waals surface area contributed by atoms with Gasteiger partial charge in [0.15, 0.2) is 0 Å². The number of alkyl halides is 1. The molecule has 1 aliphatic heterocycles.